The van der Waals surface area contributed by atoms with Gasteiger partial charge in [0.1, 0.15) is 11.8 Å². The summed E-state index contributed by atoms with van der Waals surface area (Å²) >= 11 is 0. The molecular weight excluding hydrogens is 312 g/mol. The van der Waals surface area contributed by atoms with Crippen molar-refractivity contribution < 1.29 is 23.9 Å². The number of hydrogen-bond acceptors (Lipinski definition) is 5. The molecule has 0 aliphatic carbocycles. The summed E-state index contributed by atoms with van der Waals surface area (Å²) in [5, 5.41) is 2.64. The zero-order chi connectivity index (χ0) is 17.5. The third-order valence-corrected chi connectivity index (χ3v) is 3.97. The van der Waals surface area contributed by atoms with E-state index in [1.165, 1.54) is 14.2 Å². The summed E-state index contributed by atoms with van der Waals surface area (Å²) in [6.45, 7) is 1.28. The second-order valence-corrected chi connectivity index (χ2v) is 5.54. The Morgan fingerprint density at radius 3 is 2.46 bits per heavy atom. The molecule has 2 rings (SSSR count). The molecule has 0 aromatic heterocycles. The second-order valence-electron chi connectivity index (χ2n) is 5.54. The van der Waals surface area contributed by atoms with Crippen LogP contribution >= 0.6 is 0 Å². The van der Waals surface area contributed by atoms with Gasteiger partial charge in [-0.1, -0.05) is 12.1 Å². The number of ether oxygens (including phenoxy) is 2. The average Bonchev–Trinajstić information content (AvgIpc) is 3.14. The Bertz CT molecular complexity index is 611. The number of carbonyl (C=O) groups excluding carboxylic acids is 3. The minimum atomic E-state index is -0.951. The number of hydrogen-bond donors (Lipinski definition) is 1. The van der Waals surface area contributed by atoms with Crippen molar-refractivity contribution in [2.24, 2.45) is 0 Å². The summed E-state index contributed by atoms with van der Waals surface area (Å²) in [7, 11) is 2.72. The van der Waals surface area contributed by atoms with E-state index in [4.69, 9.17) is 4.74 Å². The second kappa shape index (κ2) is 8.33. The van der Waals surface area contributed by atoms with Crippen LogP contribution in [0.4, 0.5) is 0 Å². The van der Waals surface area contributed by atoms with Crippen LogP contribution in [0.5, 0.6) is 5.75 Å². The van der Waals surface area contributed by atoms with Gasteiger partial charge in [-0.25, -0.2) is 0 Å². The van der Waals surface area contributed by atoms with Crippen molar-refractivity contribution in [3.8, 4) is 5.75 Å². The van der Waals surface area contributed by atoms with Crippen LogP contribution in [0, 0.1) is 0 Å². The van der Waals surface area contributed by atoms with Crippen LogP contribution in [0.1, 0.15) is 29.6 Å². The van der Waals surface area contributed by atoms with Crippen molar-refractivity contribution in [2.45, 2.75) is 25.3 Å². The maximum Gasteiger partial charge on any atom is 0.308 e. The highest BCUT2D eigenvalue weighted by Crippen LogP contribution is 2.18. The number of para-hydroxylation sites is 1. The summed E-state index contributed by atoms with van der Waals surface area (Å²) in [5.41, 5.74) is 0.309. The first-order valence-electron chi connectivity index (χ1n) is 7.86. The normalized spacial score (nSPS) is 14.8. The lowest BCUT2D eigenvalue weighted by molar-refractivity contribution is -0.144. The molecule has 1 heterocycles. The molecule has 1 N–H and O–H groups in total. The van der Waals surface area contributed by atoms with Crippen molar-refractivity contribution in [3.63, 3.8) is 0 Å². The van der Waals surface area contributed by atoms with Gasteiger partial charge in [0.15, 0.2) is 0 Å². The Balaban J connectivity index is 2.15. The molecule has 7 nitrogen and oxygen atoms in total. The van der Waals surface area contributed by atoms with Crippen LogP contribution in [-0.2, 0) is 14.3 Å². The van der Waals surface area contributed by atoms with E-state index >= 15 is 0 Å². The van der Waals surface area contributed by atoms with E-state index in [9.17, 15) is 14.4 Å². The predicted octanol–water partition coefficient (Wildman–Crippen LogP) is 0.979. The molecule has 1 fully saturated rings. The van der Waals surface area contributed by atoms with E-state index < -0.39 is 17.9 Å². The number of nitrogens with zero attached hydrogens (tertiary/aromatic N) is 1. The van der Waals surface area contributed by atoms with Gasteiger partial charge in [-0.05, 0) is 25.0 Å². The fraction of sp³-hybridized carbons (Fsp3) is 0.471. The van der Waals surface area contributed by atoms with Crippen LogP contribution in [0.3, 0.4) is 0 Å². The van der Waals surface area contributed by atoms with E-state index in [2.05, 4.69) is 10.1 Å². The van der Waals surface area contributed by atoms with Crippen LogP contribution in [0.15, 0.2) is 24.3 Å². The van der Waals surface area contributed by atoms with E-state index in [1.807, 2.05) is 0 Å². The monoisotopic (exact) mass is 334 g/mol. The Morgan fingerprint density at radius 1 is 1.17 bits per heavy atom. The molecule has 7 heteroatoms. The van der Waals surface area contributed by atoms with Crippen molar-refractivity contribution in [2.75, 3.05) is 27.3 Å². The summed E-state index contributed by atoms with van der Waals surface area (Å²) < 4.78 is 9.80. The molecule has 0 unspecified atom stereocenters. The SMILES string of the molecule is COC(=O)C[C@H](NC(=O)c1ccccc1OC)C(=O)N1CCCC1. The third kappa shape index (κ3) is 4.24. The van der Waals surface area contributed by atoms with Crippen LogP contribution in [0.25, 0.3) is 0 Å². The molecule has 1 aliphatic rings. The first kappa shape index (κ1) is 17.8. The summed E-state index contributed by atoms with van der Waals surface area (Å²) in [6.07, 6.45) is 1.65. The van der Waals surface area contributed by atoms with Gasteiger partial charge in [0.2, 0.25) is 5.91 Å². The minimum Gasteiger partial charge on any atom is -0.496 e. The zero-order valence-corrected chi connectivity index (χ0v) is 13.9. The Hall–Kier alpha value is -2.57. The number of likely N-dealkylation sites (tertiary alicyclic amines) is 1. The van der Waals surface area contributed by atoms with Gasteiger partial charge >= 0.3 is 5.97 Å². The number of methoxy groups -OCH3 is 2. The number of benzene rings is 1. The van der Waals surface area contributed by atoms with Crippen molar-refractivity contribution in [1.29, 1.82) is 0 Å². The smallest absolute Gasteiger partial charge is 0.308 e. The molecule has 0 radical (unpaired) electrons. The van der Waals surface area contributed by atoms with Gasteiger partial charge in [0, 0.05) is 13.1 Å². The molecule has 0 bridgehead atoms. The van der Waals surface area contributed by atoms with Gasteiger partial charge in [-0.2, -0.15) is 0 Å². The molecule has 1 aromatic carbocycles. The topological polar surface area (TPSA) is 84.9 Å². The quantitative estimate of drug-likeness (QED) is 0.784. The molecule has 1 saturated heterocycles. The highest BCUT2D eigenvalue weighted by atomic mass is 16.5. The third-order valence-electron chi connectivity index (χ3n) is 3.97. The van der Waals surface area contributed by atoms with Gasteiger partial charge in [0.05, 0.1) is 26.2 Å². The molecule has 1 atom stereocenters. The zero-order valence-electron chi connectivity index (χ0n) is 13.9. The van der Waals surface area contributed by atoms with E-state index in [-0.39, 0.29) is 12.3 Å². The minimum absolute atomic E-state index is 0.202. The lowest BCUT2D eigenvalue weighted by Gasteiger charge is -2.23. The van der Waals surface area contributed by atoms with Crippen molar-refractivity contribution >= 4 is 17.8 Å². The summed E-state index contributed by atoms with van der Waals surface area (Å²) in [4.78, 5) is 38.4. The summed E-state index contributed by atoms with van der Waals surface area (Å²) in [5.74, 6) is -0.872. The van der Waals surface area contributed by atoms with Gasteiger partial charge < -0.3 is 19.7 Å². The largest absolute Gasteiger partial charge is 0.496 e. The molecule has 130 valence electrons. The number of esters is 1. The molecule has 1 aromatic rings. The molecular formula is C17H22N2O5. The van der Waals surface area contributed by atoms with Crippen molar-refractivity contribution in [1.82, 2.24) is 10.2 Å². The van der Waals surface area contributed by atoms with Crippen LogP contribution < -0.4 is 10.1 Å². The Kier molecular flexibility index (Phi) is 6.17. The predicted molar refractivity (Wildman–Crippen MR) is 86.7 cm³/mol. The lowest BCUT2D eigenvalue weighted by atomic mass is 10.1. The molecule has 0 spiro atoms. The fourth-order valence-corrected chi connectivity index (χ4v) is 2.68. The van der Waals surface area contributed by atoms with E-state index in [1.54, 1.807) is 29.2 Å². The molecule has 0 saturated carbocycles. The molecule has 1 aliphatic heterocycles. The highest BCUT2D eigenvalue weighted by Gasteiger charge is 2.30. The van der Waals surface area contributed by atoms with Gasteiger partial charge in [0.25, 0.3) is 5.91 Å². The first-order valence-corrected chi connectivity index (χ1v) is 7.86. The van der Waals surface area contributed by atoms with E-state index in [0.29, 0.717) is 24.4 Å². The van der Waals surface area contributed by atoms with E-state index in [0.717, 1.165) is 12.8 Å². The number of nitrogens with one attached hydrogen (secondary N) is 1. The fourth-order valence-electron chi connectivity index (χ4n) is 2.68. The number of carbonyl (C=O) groups is 3. The lowest BCUT2D eigenvalue weighted by Crippen LogP contribution is -2.49. The highest BCUT2D eigenvalue weighted by molar-refractivity contribution is 6.00. The molecule has 24 heavy (non-hydrogen) atoms. The average molecular weight is 334 g/mol. The number of amides is 2. The summed E-state index contributed by atoms with van der Waals surface area (Å²) in [6, 6.07) is 5.76. The first-order chi connectivity index (χ1) is 11.6. The van der Waals surface area contributed by atoms with Gasteiger partial charge in [-0.15, -0.1) is 0 Å². The van der Waals surface area contributed by atoms with Crippen molar-refractivity contribution in [3.05, 3.63) is 29.8 Å². The van der Waals surface area contributed by atoms with Gasteiger partial charge in [-0.3, -0.25) is 14.4 Å². The Labute approximate surface area is 140 Å². The molecule has 2 amide bonds. The van der Waals surface area contributed by atoms with Crippen LogP contribution in [0.2, 0.25) is 0 Å². The van der Waals surface area contributed by atoms with Crippen LogP contribution in [-0.4, -0.2) is 56.0 Å². The standard InChI is InChI=1S/C17H22N2O5/c1-23-14-8-4-3-7-12(14)16(21)18-13(11-15(20)24-2)17(22)19-9-5-6-10-19/h3-4,7-8,13H,5-6,9-11H2,1-2H3,(H,18,21)/t13-/m0/s1. The maximum absolute atomic E-state index is 12.6. The number of rotatable bonds is 6. The Morgan fingerprint density at radius 2 is 1.83 bits per heavy atom. The maximum atomic E-state index is 12.6.